The van der Waals surface area contributed by atoms with E-state index in [-0.39, 0.29) is 11.9 Å². The van der Waals surface area contributed by atoms with Gasteiger partial charge in [0.15, 0.2) is 5.78 Å². The Kier molecular flexibility index (Phi) is 6.96. The molecule has 37 heavy (non-hydrogen) atoms. The summed E-state index contributed by atoms with van der Waals surface area (Å²) in [5.74, 6) is 1.04. The molecule has 7 heteroatoms. The molecule has 3 N–H and O–H groups in total. The van der Waals surface area contributed by atoms with Crippen LogP contribution in [-0.4, -0.2) is 41.2 Å². The van der Waals surface area contributed by atoms with E-state index in [9.17, 15) is 14.7 Å². The van der Waals surface area contributed by atoms with Gasteiger partial charge in [-0.2, -0.15) is 0 Å². The van der Waals surface area contributed by atoms with E-state index in [0.717, 1.165) is 27.8 Å². The lowest BCUT2D eigenvalue weighted by Crippen LogP contribution is -2.36. The molecule has 5 rings (SSSR count). The van der Waals surface area contributed by atoms with Gasteiger partial charge >= 0.3 is 6.09 Å². The summed E-state index contributed by atoms with van der Waals surface area (Å²) < 4.78 is 5.10. The van der Waals surface area contributed by atoms with Crippen molar-refractivity contribution >= 4 is 34.7 Å². The van der Waals surface area contributed by atoms with Crippen LogP contribution in [0.2, 0.25) is 0 Å². The molecule has 1 saturated heterocycles. The predicted octanol–water partition coefficient (Wildman–Crippen LogP) is 5.22. The summed E-state index contributed by atoms with van der Waals surface area (Å²) in [4.78, 5) is 31.3. The number of aromatic nitrogens is 1. The summed E-state index contributed by atoms with van der Waals surface area (Å²) in [5.41, 5.74) is 8.96. The number of aliphatic hydroxyl groups excluding tert-OH is 1. The SMILES string of the molecule is NC(=O)Oc1ccccc1-c1ccc(C(=O)C=Cc2cc3ccccc3nc2N2CCC(O)CC2)cc1. The minimum atomic E-state index is -0.882. The second-order valence-corrected chi connectivity index (χ2v) is 9.00. The lowest BCUT2D eigenvalue weighted by Gasteiger charge is -2.31. The van der Waals surface area contributed by atoms with Crippen LogP contribution in [0.5, 0.6) is 5.75 Å². The van der Waals surface area contributed by atoms with E-state index in [0.29, 0.717) is 42.8 Å². The van der Waals surface area contributed by atoms with Crippen LogP contribution in [0.15, 0.2) is 84.9 Å². The Hall–Kier alpha value is -4.49. The molecule has 0 bridgehead atoms. The van der Waals surface area contributed by atoms with Crippen LogP contribution < -0.4 is 15.4 Å². The van der Waals surface area contributed by atoms with E-state index in [2.05, 4.69) is 4.90 Å². The smallest absolute Gasteiger partial charge is 0.409 e. The number of amides is 1. The molecule has 0 aliphatic carbocycles. The highest BCUT2D eigenvalue weighted by atomic mass is 16.5. The first-order chi connectivity index (χ1) is 18.0. The molecule has 0 saturated carbocycles. The van der Waals surface area contributed by atoms with E-state index >= 15 is 0 Å². The van der Waals surface area contributed by atoms with Crippen molar-refractivity contribution in [3.05, 3.63) is 96.1 Å². The van der Waals surface area contributed by atoms with E-state index in [1.54, 1.807) is 30.3 Å². The molecule has 1 fully saturated rings. The summed E-state index contributed by atoms with van der Waals surface area (Å²) >= 11 is 0. The maximum Gasteiger partial charge on any atom is 0.409 e. The number of nitrogens with zero attached hydrogens (tertiary/aromatic N) is 2. The topological polar surface area (TPSA) is 106 Å². The number of ketones is 1. The Balaban J connectivity index is 1.40. The first-order valence-electron chi connectivity index (χ1n) is 12.2. The van der Waals surface area contributed by atoms with Gasteiger partial charge in [0.1, 0.15) is 11.6 Å². The highest BCUT2D eigenvalue weighted by Crippen LogP contribution is 2.31. The molecule has 0 spiro atoms. The summed E-state index contributed by atoms with van der Waals surface area (Å²) in [6.45, 7) is 1.42. The number of fused-ring (bicyclic) bond motifs is 1. The van der Waals surface area contributed by atoms with Gasteiger partial charge in [-0.25, -0.2) is 9.78 Å². The number of hydrogen-bond donors (Lipinski definition) is 2. The van der Waals surface area contributed by atoms with Gasteiger partial charge in [0.2, 0.25) is 0 Å². The lowest BCUT2D eigenvalue weighted by atomic mass is 10.0. The fourth-order valence-corrected chi connectivity index (χ4v) is 4.55. The number of carbonyl (C=O) groups excluding carboxylic acids is 2. The molecule has 0 unspecified atom stereocenters. The van der Waals surface area contributed by atoms with Crippen LogP contribution in [0, 0.1) is 0 Å². The molecule has 3 aromatic carbocycles. The number of hydrogen-bond acceptors (Lipinski definition) is 6. The second kappa shape index (κ2) is 10.6. The highest BCUT2D eigenvalue weighted by Gasteiger charge is 2.20. The zero-order chi connectivity index (χ0) is 25.8. The van der Waals surface area contributed by atoms with Crippen LogP contribution in [0.4, 0.5) is 10.6 Å². The normalized spacial score (nSPS) is 14.2. The number of nitrogens with two attached hydrogens (primary N) is 1. The van der Waals surface area contributed by atoms with Crippen LogP contribution >= 0.6 is 0 Å². The van der Waals surface area contributed by atoms with Crippen molar-refractivity contribution in [3.8, 4) is 16.9 Å². The molecule has 0 radical (unpaired) electrons. The number of ether oxygens (including phenoxy) is 1. The van der Waals surface area contributed by atoms with Gasteiger partial charge in [-0.3, -0.25) is 4.79 Å². The fraction of sp³-hybridized carbons (Fsp3) is 0.167. The number of carbonyl (C=O) groups is 2. The maximum absolute atomic E-state index is 13.0. The molecule has 1 aliphatic rings. The number of pyridine rings is 1. The molecule has 0 atom stereocenters. The maximum atomic E-state index is 13.0. The molecular formula is C30H27N3O4. The monoisotopic (exact) mass is 493 g/mol. The Morgan fingerprint density at radius 1 is 0.973 bits per heavy atom. The second-order valence-electron chi connectivity index (χ2n) is 9.00. The third-order valence-corrected chi connectivity index (χ3v) is 6.49. The minimum Gasteiger partial charge on any atom is -0.410 e. The van der Waals surface area contributed by atoms with Crippen LogP contribution in [0.25, 0.3) is 28.1 Å². The van der Waals surface area contributed by atoms with Gasteiger partial charge in [0.05, 0.1) is 11.6 Å². The van der Waals surface area contributed by atoms with Crippen molar-refractivity contribution in [1.29, 1.82) is 0 Å². The van der Waals surface area contributed by atoms with Gasteiger partial charge in [0, 0.05) is 35.2 Å². The third-order valence-electron chi connectivity index (χ3n) is 6.49. The molecule has 7 nitrogen and oxygen atoms in total. The highest BCUT2D eigenvalue weighted by molar-refractivity contribution is 6.07. The first-order valence-corrected chi connectivity index (χ1v) is 12.2. The summed E-state index contributed by atoms with van der Waals surface area (Å²) in [6.07, 6.45) is 3.59. The van der Waals surface area contributed by atoms with Crippen molar-refractivity contribution < 1.29 is 19.4 Å². The summed E-state index contributed by atoms with van der Waals surface area (Å²) in [6, 6.07) is 24.1. The Morgan fingerprint density at radius 2 is 1.68 bits per heavy atom. The number of anilines is 1. The van der Waals surface area contributed by atoms with Crippen molar-refractivity contribution in [2.45, 2.75) is 18.9 Å². The van der Waals surface area contributed by atoms with E-state index in [4.69, 9.17) is 15.5 Å². The average molecular weight is 494 g/mol. The Morgan fingerprint density at radius 3 is 2.43 bits per heavy atom. The molecule has 1 aromatic heterocycles. The van der Waals surface area contributed by atoms with Crippen molar-refractivity contribution in [3.63, 3.8) is 0 Å². The lowest BCUT2D eigenvalue weighted by molar-refractivity contribution is 0.104. The standard InChI is InChI=1S/C30H27N3O4/c31-30(36)37-28-8-4-2-6-25(28)20-9-11-21(12-10-20)27(35)14-13-23-19-22-5-1-3-7-26(22)32-29(23)33-17-15-24(34)16-18-33/h1-14,19,24,34H,15-18H2,(H2,31,36). The van der Waals surface area contributed by atoms with Crippen molar-refractivity contribution in [2.75, 3.05) is 18.0 Å². The number of para-hydroxylation sites is 2. The van der Waals surface area contributed by atoms with Crippen LogP contribution in [0.3, 0.4) is 0 Å². The van der Waals surface area contributed by atoms with Gasteiger partial charge in [-0.1, -0.05) is 60.7 Å². The molecule has 1 amide bonds. The largest absolute Gasteiger partial charge is 0.410 e. The Bertz CT molecular complexity index is 1470. The van der Waals surface area contributed by atoms with Crippen molar-refractivity contribution in [1.82, 2.24) is 4.98 Å². The number of aliphatic hydroxyl groups is 1. The molecular weight excluding hydrogens is 466 g/mol. The van der Waals surface area contributed by atoms with Gasteiger partial charge in [-0.15, -0.1) is 0 Å². The molecule has 1 aliphatic heterocycles. The van der Waals surface area contributed by atoms with E-state index in [1.807, 2.05) is 60.7 Å². The summed E-state index contributed by atoms with van der Waals surface area (Å²) in [7, 11) is 0. The minimum absolute atomic E-state index is 0.138. The number of primary amides is 1. The fourth-order valence-electron chi connectivity index (χ4n) is 4.55. The van der Waals surface area contributed by atoms with Crippen LogP contribution in [-0.2, 0) is 0 Å². The Labute approximate surface area is 214 Å². The number of rotatable bonds is 6. The summed E-state index contributed by atoms with van der Waals surface area (Å²) in [5, 5.41) is 10.9. The third kappa shape index (κ3) is 5.52. The first kappa shape index (κ1) is 24.2. The van der Waals surface area contributed by atoms with Gasteiger partial charge in [-0.05, 0) is 48.8 Å². The quantitative estimate of drug-likeness (QED) is 0.282. The molecule has 186 valence electrons. The number of piperidine rings is 1. The van der Waals surface area contributed by atoms with Crippen molar-refractivity contribution in [2.24, 2.45) is 5.73 Å². The van der Waals surface area contributed by atoms with Gasteiger partial charge < -0.3 is 20.5 Å². The average Bonchev–Trinajstić information content (AvgIpc) is 2.92. The van der Waals surface area contributed by atoms with E-state index < -0.39 is 6.09 Å². The molecule has 4 aromatic rings. The number of benzene rings is 3. The zero-order valence-electron chi connectivity index (χ0n) is 20.2. The van der Waals surface area contributed by atoms with E-state index in [1.165, 1.54) is 0 Å². The van der Waals surface area contributed by atoms with Gasteiger partial charge in [0.25, 0.3) is 0 Å². The predicted molar refractivity (Wildman–Crippen MR) is 145 cm³/mol. The number of allylic oxidation sites excluding steroid dienone is 1. The van der Waals surface area contributed by atoms with Crippen LogP contribution in [0.1, 0.15) is 28.8 Å². The molecule has 2 heterocycles. The zero-order valence-corrected chi connectivity index (χ0v) is 20.2.